The minimum Gasteiger partial charge on any atom is -0.310 e. The van der Waals surface area contributed by atoms with E-state index in [0.29, 0.717) is 11.6 Å². The van der Waals surface area contributed by atoms with Crippen LogP contribution in [0.2, 0.25) is 0 Å². The fraction of sp³-hybridized carbons (Fsp3) is 0.250. The zero-order chi connectivity index (χ0) is 14.7. The van der Waals surface area contributed by atoms with E-state index in [1.165, 1.54) is 30.4 Å². The van der Waals surface area contributed by atoms with Crippen LogP contribution in [0, 0.1) is 0 Å². The molecule has 1 aliphatic carbocycles. The minimum absolute atomic E-state index is 0.0321. The molecular formula is C16H15BrN2OS. The first-order chi connectivity index (χ1) is 10.2. The lowest BCUT2D eigenvalue weighted by Crippen LogP contribution is -2.14. The quantitative estimate of drug-likeness (QED) is 0.833. The molecular weight excluding hydrogens is 348 g/mol. The number of nitrogens with one attached hydrogen (secondary N) is 1. The maximum absolute atomic E-state index is 11.9. The number of hydrogen-bond acceptors (Lipinski definition) is 3. The van der Waals surface area contributed by atoms with Crippen LogP contribution in [0.5, 0.6) is 0 Å². The highest BCUT2D eigenvalue weighted by Crippen LogP contribution is 2.27. The van der Waals surface area contributed by atoms with Gasteiger partial charge in [0, 0.05) is 15.6 Å². The fourth-order valence-electron chi connectivity index (χ4n) is 2.42. The maximum atomic E-state index is 11.9. The number of pyridine rings is 1. The molecule has 0 spiro atoms. The lowest BCUT2D eigenvalue weighted by molar-refractivity contribution is -0.113. The van der Waals surface area contributed by atoms with Crippen molar-refractivity contribution in [2.45, 2.75) is 24.2 Å². The second-order valence-corrected chi connectivity index (χ2v) is 6.95. The molecule has 0 radical (unpaired) electrons. The van der Waals surface area contributed by atoms with E-state index in [1.807, 2.05) is 6.07 Å². The van der Waals surface area contributed by atoms with Crippen LogP contribution >= 0.6 is 27.7 Å². The van der Waals surface area contributed by atoms with Gasteiger partial charge >= 0.3 is 0 Å². The Morgan fingerprint density at radius 1 is 1.24 bits per heavy atom. The summed E-state index contributed by atoms with van der Waals surface area (Å²) in [7, 11) is 0. The van der Waals surface area contributed by atoms with Gasteiger partial charge in [0.2, 0.25) is 5.91 Å². The molecule has 21 heavy (non-hydrogen) atoms. The van der Waals surface area contributed by atoms with Gasteiger partial charge in [0.25, 0.3) is 0 Å². The number of carbonyl (C=O) groups is 1. The number of nitrogens with zero attached hydrogens (tertiary/aromatic N) is 1. The molecule has 0 aliphatic heterocycles. The number of thioether (sulfide) groups is 1. The summed E-state index contributed by atoms with van der Waals surface area (Å²) < 4.78 is 0.896. The van der Waals surface area contributed by atoms with Gasteiger partial charge in [-0.05, 0) is 70.6 Å². The van der Waals surface area contributed by atoms with E-state index >= 15 is 0 Å². The lowest BCUT2D eigenvalue weighted by atomic mass is 10.1. The van der Waals surface area contributed by atoms with E-state index in [9.17, 15) is 4.79 Å². The predicted octanol–water partition coefficient (Wildman–Crippen LogP) is 4.06. The number of hydrogen-bond donors (Lipinski definition) is 1. The van der Waals surface area contributed by atoms with Crippen molar-refractivity contribution < 1.29 is 4.79 Å². The Bertz CT molecular complexity index is 658. The molecule has 1 amide bonds. The molecule has 1 aliphatic rings. The zero-order valence-corrected chi connectivity index (χ0v) is 13.8. The van der Waals surface area contributed by atoms with Crippen LogP contribution in [0.25, 0.3) is 0 Å². The Kier molecular flexibility index (Phi) is 4.60. The Balaban J connectivity index is 1.55. The van der Waals surface area contributed by atoms with Crippen molar-refractivity contribution in [1.82, 2.24) is 4.98 Å². The standard InChI is InChI=1S/C16H15BrN2OS/c17-13-5-7-15(18-9-13)19-16(20)10-21-14-6-4-11-2-1-3-12(11)8-14/h4-9H,1-3,10H2,(H,18,19,20). The molecule has 5 heteroatoms. The topological polar surface area (TPSA) is 42.0 Å². The van der Waals surface area contributed by atoms with E-state index in [1.54, 1.807) is 24.0 Å². The predicted molar refractivity (Wildman–Crippen MR) is 89.8 cm³/mol. The molecule has 0 unspecified atom stereocenters. The van der Waals surface area contributed by atoms with Crippen molar-refractivity contribution in [3.63, 3.8) is 0 Å². The third kappa shape index (κ3) is 3.86. The van der Waals surface area contributed by atoms with E-state index in [4.69, 9.17) is 0 Å². The highest BCUT2D eigenvalue weighted by molar-refractivity contribution is 9.10. The van der Waals surface area contributed by atoms with E-state index in [0.717, 1.165) is 9.37 Å². The van der Waals surface area contributed by atoms with E-state index in [-0.39, 0.29) is 5.91 Å². The third-order valence-electron chi connectivity index (χ3n) is 3.43. The molecule has 2 aromatic rings. The van der Waals surface area contributed by atoms with Gasteiger partial charge in [-0.3, -0.25) is 4.79 Å². The fourth-order valence-corrected chi connectivity index (χ4v) is 3.41. The van der Waals surface area contributed by atoms with Crippen LogP contribution in [-0.4, -0.2) is 16.6 Å². The number of benzene rings is 1. The van der Waals surface area contributed by atoms with Crippen molar-refractivity contribution in [3.05, 3.63) is 52.1 Å². The first kappa shape index (κ1) is 14.6. The highest BCUT2D eigenvalue weighted by Gasteiger charge is 2.11. The number of carbonyl (C=O) groups excluding carboxylic acids is 1. The average molecular weight is 363 g/mol. The molecule has 1 aromatic carbocycles. The number of aromatic nitrogens is 1. The second-order valence-electron chi connectivity index (χ2n) is 4.98. The van der Waals surface area contributed by atoms with Crippen molar-refractivity contribution in [1.29, 1.82) is 0 Å². The normalized spacial score (nSPS) is 13.0. The van der Waals surface area contributed by atoms with Gasteiger partial charge in [-0.15, -0.1) is 11.8 Å². The van der Waals surface area contributed by atoms with Gasteiger partial charge in [0.15, 0.2) is 0 Å². The van der Waals surface area contributed by atoms with Gasteiger partial charge in [-0.2, -0.15) is 0 Å². The van der Waals surface area contributed by atoms with Gasteiger partial charge in [0.1, 0.15) is 5.82 Å². The summed E-state index contributed by atoms with van der Waals surface area (Å²) in [5, 5.41) is 2.80. The van der Waals surface area contributed by atoms with Crippen LogP contribution in [-0.2, 0) is 17.6 Å². The Morgan fingerprint density at radius 2 is 2.10 bits per heavy atom. The van der Waals surface area contributed by atoms with Crippen LogP contribution in [0.3, 0.4) is 0 Å². The zero-order valence-electron chi connectivity index (χ0n) is 11.4. The van der Waals surface area contributed by atoms with Gasteiger partial charge in [-0.1, -0.05) is 6.07 Å². The van der Waals surface area contributed by atoms with Gasteiger partial charge in [0.05, 0.1) is 5.75 Å². The molecule has 3 nitrogen and oxygen atoms in total. The molecule has 0 saturated heterocycles. The second kappa shape index (κ2) is 6.62. The average Bonchev–Trinajstić information content (AvgIpc) is 2.95. The van der Waals surface area contributed by atoms with Crippen molar-refractivity contribution in [2.24, 2.45) is 0 Å². The molecule has 0 saturated carbocycles. The summed E-state index contributed by atoms with van der Waals surface area (Å²) in [6.07, 6.45) is 5.27. The largest absolute Gasteiger partial charge is 0.310 e. The third-order valence-corrected chi connectivity index (χ3v) is 4.90. The molecule has 1 heterocycles. The van der Waals surface area contributed by atoms with Gasteiger partial charge in [-0.25, -0.2) is 4.98 Å². The summed E-state index contributed by atoms with van der Waals surface area (Å²) in [4.78, 5) is 17.2. The molecule has 3 rings (SSSR count). The van der Waals surface area contributed by atoms with Crippen LogP contribution < -0.4 is 5.32 Å². The Morgan fingerprint density at radius 3 is 2.90 bits per heavy atom. The molecule has 0 bridgehead atoms. The number of rotatable bonds is 4. The molecule has 0 atom stereocenters. The Labute approximate surface area is 136 Å². The van der Waals surface area contributed by atoms with E-state index < -0.39 is 0 Å². The summed E-state index contributed by atoms with van der Waals surface area (Å²) in [5.74, 6) is 0.948. The van der Waals surface area contributed by atoms with Crippen molar-refractivity contribution in [2.75, 3.05) is 11.1 Å². The number of amides is 1. The smallest absolute Gasteiger partial charge is 0.235 e. The number of aryl methyl sites for hydroxylation is 2. The van der Waals surface area contributed by atoms with Crippen molar-refractivity contribution >= 4 is 39.4 Å². The Hall–Kier alpha value is -1.33. The maximum Gasteiger partial charge on any atom is 0.235 e. The van der Waals surface area contributed by atoms with Crippen LogP contribution in [0.1, 0.15) is 17.5 Å². The SMILES string of the molecule is O=C(CSc1ccc2c(c1)CCC2)Nc1ccc(Br)cn1. The first-order valence-electron chi connectivity index (χ1n) is 6.87. The van der Waals surface area contributed by atoms with Gasteiger partial charge < -0.3 is 5.32 Å². The molecule has 108 valence electrons. The molecule has 1 N–H and O–H groups in total. The summed E-state index contributed by atoms with van der Waals surface area (Å²) in [5.41, 5.74) is 2.90. The number of anilines is 1. The van der Waals surface area contributed by atoms with Crippen molar-refractivity contribution in [3.8, 4) is 0 Å². The van der Waals surface area contributed by atoms with Crippen LogP contribution in [0.4, 0.5) is 5.82 Å². The summed E-state index contributed by atoms with van der Waals surface area (Å²) in [6.45, 7) is 0. The number of halogens is 1. The monoisotopic (exact) mass is 362 g/mol. The van der Waals surface area contributed by atoms with Crippen LogP contribution in [0.15, 0.2) is 45.9 Å². The lowest BCUT2D eigenvalue weighted by Gasteiger charge is -2.06. The molecule has 0 fully saturated rings. The first-order valence-corrected chi connectivity index (χ1v) is 8.64. The number of fused-ring (bicyclic) bond motifs is 1. The molecule has 1 aromatic heterocycles. The highest BCUT2D eigenvalue weighted by atomic mass is 79.9. The minimum atomic E-state index is -0.0321. The van der Waals surface area contributed by atoms with E-state index in [2.05, 4.69) is 44.4 Å². The summed E-state index contributed by atoms with van der Waals surface area (Å²) in [6, 6.07) is 10.2. The summed E-state index contributed by atoms with van der Waals surface area (Å²) >= 11 is 4.89.